The average Bonchev–Trinajstić information content (AvgIpc) is 2.23. The summed E-state index contributed by atoms with van der Waals surface area (Å²) in [7, 11) is 0. The standard InChI is InChI=1S/C9H7BrN4O/c1-5-11-13-9(14-12-5)7-4-6(10)2-3-8(7)15/h2-4,15H,1H3. The number of benzene rings is 1. The first-order chi connectivity index (χ1) is 7.16. The monoisotopic (exact) mass is 266 g/mol. The second-order valence-electron chi connectivity index (χ2n) is 2.93. The molecular weight excluding hydrogens is 260 g/mol. The fourth-order valence-corrected chi connectivity index (χ4v) is 1.44. The van der Waals surface area contributed by atoms with Gasteiger partial charge in [0.25, 0.3) is 0 Å². The van der Waals surface area contributed by atoms with E-state index in [-0.39, 0.29) is 5.75 Å². The van der Waals surface area contributed by atoms with Crippen LogP contribution in [0.1, 0.15) is 5.82 Å². The minimum atomic E-state index is 0.102. The van der Waals surface area contributed by atoms with Gasteiger partial charge in [-0.2, -0.15) is 0 Å². The first-order valence-corrected chi connectivity index (χ1v) is 4.99. The van der Waals surface area contributed by atoms with Crippen LogP contribution in [-0.2, 0) is 0 Å². The van der Waals surface area contributed by atoms with Crippen LogP contribution in [0, 0.1) is 6.92 Å². The molecule has 0 bridgehead atoms. The average molecular weight is 267 g/mol. The van der Waals surface area contributed by atoms with Gasteiger partial charge in [0.2, 0.25) is 5.82 Å². The molecule has 2 rings (SSSR count). The fraction of sp³-hybridized carbons (Fsp3) is 0.111. The van der Waals surface area contributed by atoms with Crippen LogP contribution in [0.2, 0.25) is 0 Å². The van der Waals surface area contributed by atoms with Gasteiger partial charge >= 0.3 is 0 Å². The summed E-state index contributed by atoms with van der Waals surface area (Å²) >= 11 is 3.30. The van der Waals surface area contributed by atoms with Crippen molar-refractivity contribution in [1.82, 2.24) is 20.4 Å². The Bertz CT molecular complexity index is 486. The molecule has 0 saturated heterocycles. The van der Waals surface area contributed by atoms with Crippen LogP contribution in [0.15, 0.2) is 22.7 Å². The number of halogens is 1. The van der Waals surface area contributed by atoms with Gasteiger partial charge in [-0.15, -0.1) is 20.4 Å². The van der Waals surface area contributed by atoms with Crippen LogP contribution in [0.25, 0.3) is 11.4 Å². The van der Waals surface area contributed by atoms with Crippen LogP contribution >= 0.6 is 15.9 Å². The molecule has 0 amide bonds. The summed E-state index contributed by atoms with van der Waals surface area (Å²) in [5, 5.41) is 24.8. The van der Waals surface area contributed by atoms with Crippen molar-refractivity contribution in [2.45, 2.75) is 6.92 Å². The molecule has 1 N–H and O–H groups in total. The summed E-state index contributed by atoms with van der Waals surface area (Å²) in [6.45, 7) is 1.70. The number of rotatable bonds is 1. The molecule has 0 atom stereocenters. The molecule has 2 aromatic rings. The summed E-state index contributed by atoms with van der Waals surface area (Å²) in [5.41, 5.74) is 0.504. The number of phenolic OH excluding ortho intramolecular Hbond substituents is 1. The van der Waals surface area contributed by atoms with Gasteiger partial charge in [0.15, 0.2) is 5.82 Å². The van der Waals surface area contributed by atoms with Crippen LogP contribution in [0.3, 0.4) is 0 Å². The molecule has 0 aliphatic heterocycles. The molecule has 5 nitrogen and oxygen atoms in total. The topological polar surface area (TPSA) is 71.8 Å². The van der Waals surface area contributed by atoms with Crippen LogP contribution < -0.4 is 0 Å². The third-order valence-corrected chi connectivity index (χ3v) is 2.27. The maximum absolute atomic E-state index is 9.60. The highest BCUT2D eigenvalue weighted by Gasteiger charge is 2.08. The van der Waals surface area contributed by atoms with Crippen molar-refractivity contribution in [1.29, 1.82) is 0 Å². The molecule has 15 heavy (non-hydrogen) atoms. The lowest BCUT2D eigenvalue weighted by atomic mass is 10.2. The zero-order chi connectivity index (χ0) is 10.8. The van der Waals surface area contributed by atoms with Crippen LogP contribution in [-0.4, -0.2) is 25.5 Å². The molecule has 76 valence electrons. The second kappa shape index (κ2) is 3.90. The largest absolute Gasteiger partial charge is 0.507 e. The van der Waals surface area contributed by atoms with Crippen molar-refractivity contribution in [2.75, 3.05) is 0 Å². The lowest BCUT2D eigenvalue weighted by molar-refractivity contribution is 0.476. The van der Waals surface area contributed by atoms with E-state index in [0.717, 1.165) is 4.47 Å². The minimum Gasteiger partial charge on any atom is -0.507 e. The molecule has 1 heterocycles. The Morgan fingerprint density at radius 1 is 1.13 bits per heavy atom. The summed E-state index contributed by atoms with van der Waals surface area (Å²) < 4.78 is 0.833. The van der Waals surface area contributed by atoms with Gasteiger partial charge in [-0.3, -0.25) is 0 Å². The Morgan fingerprint density at radius 2 is 1.80 bits per heavy atom. The fourth-order valence-electron chi connectivity index (χ4n) is 1.07. The van der Waals surface area contributed by atoms with Crippen molar-refractivity contribution in [2.24, 2.45) is 0 Å². The quantitative estimate of drug-likeness (QED) is 0.851. The first kappa shape index (κ1) is 9.97. The third-order valence-electron chi connectivity index (χ3n) is 1.78. The van der Waals surface area contributed by atoms with Crippen molar-refractivity contribution in [3.63, 3.8) is 0 Å². The number of aromatic hydroxyl groups is 1. The van der Waals surface area contributed by atoms with E-state index in [9.17, 15) is 5.11 Å². The van der Waals surface area contributed by atoms with E-state index in [0.29, 0.717) is 17.2 Å². The maximum atomic E-state index is 9.60. The predicted molar refractivity (Wildman–Crippen MR) is 57.2 cm³/mol. The number of hydrogen-bond donors (Lipinski definition) is 1. The maximum Gasteiger partial charge on any atom is 0.207 e. The van der Waals surface area contributed by atoms with Gasteiger partial charge in [0.05, 0.1) is 5.56 Å². The lowest BCUT2D eigenvalue weighted by Gasteiger charge is -2.01. The summed E-state index contributed by atoms with van der Waals surface area (Å²) in [6.07, 6.45) is 0. The minimum absolute atomic E-state index is 0.102. The van der Waals surface area contributed by atoms with E-state index >= 15 is 0 Å². The third kappa shape index (κ3) is 2.10. The van der Waals surface area contributed by atoms with Crippen molar-refractivity contribution >= 4 is 15.9 Å². The lowest BCUT2D eigenvalue weighted by Crippen LogP contribution is -1.98. The van der Waals surface area contributed by atoms with Crippen LogP contribution in [0.4, 0.5) is 0 Å². The molecule has 6 heteroatoms. The number of hydrogen-bond acceptors (Lipinski definition) is 5. The number of aryl methyl sites for hydroxylation is 1. The smallest absolute Gasteiger partial charge is 0.207 e. The number of aromatic nitrogens is 4. The number of nitrogens with zero attached hydrogens (tertiary/aromatic N) is 4. The van der Waals surface area contributed by atoms with Crippen molar-refractivity contribution in [3.05, 3.63) is 28.5 Å². The van der Waals surface area contributed by atoms with Crippen LogP contribution in [0.5, 0.6) is 5.75 Å². The Morgan fingerprint density at radius 3 is 2.47 bits per heavy atom. The molecular formula is C9H7BrN4O. The Kier molecular flexibility index (Phi) is 2.59. The Hall–Kier alpha value is -1.56. The van der Waals surface area contributed by atoms with Gasteiger partial charge < -0.3 is 5.11 Å². The molecule has 0 saturated carbocycles. The van der Waals surface area contributed by atoms with Gasteiger partial charge in [0, 0.05) is 4.47 Å². The van der Waals surface area contributed by atoms with E-state index in [2.05, 4.69) is 36.3 Å². The molecule has 0 radical (unpaired) electrons. The van der Waals surface area contributed by atoms with Crippen molar-refractivity contribution in [3.8, 4) is 17.1 Å². The summed E-state index contributed by atoms with van der Waals surface area (Å²) in [5.74, 6) is 0.901. The van der Waals surface area contributed by atoms with E-state index in [4.69, 9.17) is 0 Å². The highest BCUT2D eigenvalue weighted by Crippen LogP contribution is 2.28. The zero-order valence-corrected chi connectivity index (χ0v) is 9.43. The van der Waals surface area contributed by atoms with Crippen molar-refractivity contribution < 1.29 is 5.11 Å². The molecule has 1 aromatic heterocycles. The molecule has 0 fully saturated rings. The van der Waals surface area contributed by atoms with Gasteiger partial charge in [-0.25, -0.2) is 0 Å². The highest BCUT2D eigenvalue weighted by molar-refractivity contribution is 9.10. The SMILES string of the molecule is Cc1nnc(-c2cc(Br)ccc2O)nn1. The van der Waals surface area contributed by atoms with E-state index in [1.165, 1.54) is 0 Å². The normalized spacial score (nSPS) is 10.3. The highest BCUT2D eigenvalue weighted by atomic mass is 79.9. The predicted octanol–water partition coefficient (Wildman–Crippen LogP) is 1.71. The van der Waals surface area contributed by atoms with Gasteiger partial charge in [-0.05, 0) is 25.1 Å². The molecule has 0 unspecified atom stereocenters. The van der Waals surface area contributed by atoms with E-state index < -0.39 is 0 Å². The van der Waals surface area contributed by atoms with Gasteiger partial charge in [0.1, 0.15) is 5.75 Å². The second-order valence-corrected chi connectivity index (χ2v) is 3.85. The Labute approximate surface area is 94.3 Å². The Balaban J connectivity index is 2.53. The first-order valence-electron chi connectivity index (χ1n) is 4.20. The zero-order valence-electron chi connectivity index (χ0n) is 7.85. The van der Waals surface area contributed by atoms with E-state index in [1.54, 1.807) is 25.1 Å². The number of phenols is 1. The molecule has 1 aromatic carbocycles. The molecule has 0 aliphatic carbocycles. The molecule has 0 spiro atoms. The summed E-state index contributed by atoms with van der Waals surface area (Å²) in [4.78, 5) is 0. The molecule has 0 aliphatic rings. The van der Waals surface area contributed by atoms with E-state index in [1.807, 2.05) is 0 Å². The summed E-state index contributed by atoms with van der Waals surface area (Å²) in [6, 6.07) is 5.00. The van der Waals surface area contributed by atoms with Gasteiger partial charge in [-0.1, -0.05) is 15.9 Å².